The number of aromatic nitrogens is 1. The lowest BCUT2D eigenvalue weighted by Crippen LogP contribution is -2.38. The molecule has 0 aliphatic carbocycles. The lowest BCUT2D eigenvalue weighted by atomic mass is 10.1. The summed E-state index contributed by atoms with van der Waals surface area (Å²) in [5, 5.41) is 6.70. The van der Waals surface area contributed by atoms with Gasteiger partial charge < -0.3 is 10.6 Å². The maximum absolute atomic E-state index is 12.0. The molecule has 1 amide bonds. The third-order valence-electron chi connectivity index (χ3n) is 2.82. The van der Waals surface area contributed by atoms with Gasteiger partial charge in [0.2, 0.25) is 0 Å². The highest BCUT2D eigenvalue weighted by molar-refractivity contribution is 6.31. The quantitative estimate of drug-likeness (QED) is 0.828. The third-order valence-corrected chi connectivity index (χ3v) is 3.05. The van der Waals surface area contributed by atoms with Gasteiger partial charge in [-0.15, -0.1) is 0 Å². The lowest BCUT2D eigenvalue weighted by Gasteiger charge is -2.27. The van der Waals surface area contributed by atoms with E-state index in [0.29, 0.717) is 10.6 Å². The predicted octanol–water partition coefficient (Wildman–Crippen LogP) is 2.59. The molecule has 4 nitrogen and oxygen atoms in total. The molecule has 18 heavy (non-hydrogen) atoms. The molecule has 0 bridgehead atoms. The second-order valence-corrected chi connectivity index (χ2v) is 4.46. The van der Waals surface area contributed by atoms with Crippen LogP contribution < -0.4 is 10.6 Å². The summed E-state index contributed by atoms with van der Waals surface area (Å²) in [6.07, 6.45) is 3.13. The van der Waals surface area contributed by atoms with Gasteiger partial charge >= 0.3 is 0 Å². The molecule has 1 aromatic heterocycles. The molecule has 1 unspecified atom stereocenters. The number of nitrogens with one attached hydrogen (secondary N) is 2. The van der Waals surface area contributed by atoms with Gasteiger partial charge in [0.25, 0.3) is 5.91 Å². The summed E-state index contributed by atoms with van der Waals surface area (Å²) >= 11 is 5.93. The van der Waals surface area contributed by atoms with E-state index in [0.717, 1.165) is 11.3 Å². The van der Waals surface area contributed by atoms with E-state index in [4.69, 9.17) is 11.6 Å². The lowest BCUT2D eigenvalue weighted by molar-refractivity contribution is 0.0935. The van der Waals surface area contributed by atoms with E-state index in [1.807, 2.05) is 12.1 Å². The highest BCUT2D eigenvalue weighted by Crippen LogP contribution is 2.28. The van der Waals surface area contributed by atoms with Crippen molar-refractivity contribution in [2.24, 2.45) is 0 Å². The zero-order chi connectivity index (χ0) is 12.5. The van der Waals surface area contributed by atoms with Gasteiger partial charge in [0, 0.05) is 23.0 Å². The molecule has 2 N–H and O–H groups in total. The number of amides is 1. The van der Waals surface area contributed by atoms with Gasteiger partial charge in [-0.25, -0.2) is 0 Å². The van der Waals surface area contributed by atoms with Crippen molar-refractivity contribution in [3.63, 3.8) is 0 Å². The Morgan fingerprint density at radius 1 is 1.22 bits per heavy atom. The summed E-state index contributed by atoms with van der Waals surface area (Å²) in [4.78, 5) is 16.0. The Morgan fingerprint density at radius 2 is 2.11 bits per heavy atom. The number of carbonyl (C=O) groups excluding carboxylic acids is 1. The van der Waals surface area contributed by atoms with Gasteiger partial charge in [0.1, 0.15) is 6.17 Å². The first-order valence-electron chi connectivity index (χ1n) is 5.51. The summed E-state index contributed by atoms with van der Waals surface area (Å²) < 4.78 is 0. The number of hydrogen-bond acceptors (Lipinski definition) is 3. The maximum atomic E-state index is 12.0. The number of pyridine rings is 1. The van der Waals surface area contributed by atoms with Crippen molar-refractivity contribution >= 4 is 23.2 Å². The van der Waals surface area contributed by atoms with Crippen LogP contribution in [0.2, 0.25) is 5.02 Å². The molecule has 2 heterocycles. The van der Waals surface area contributed by atoms with E-state index in [1.165, 1.54) is 0 Å². The average molecular weight is 260 g/mol. The van der Waals surface area contributed by atoms with Crippen LogP contribution in [0.4, 0.5) is 5.69 Å². The first kappa shape index (κ1) is 11.0. The topological polar surface area (TPSA) is 54.0 Å². The van der Waals surface area contributed by atoms with Crippen molar-refractivity contribution in [1.29, 1.82) is 0 Å². The van der Waals surface area contributed by atoms with Crippen molar-refractivity contribution in [3.05, 3.63) is 58.9 Å². The van der Waals surface area contributed by atoms with Crippen molar-refractivity contribution in [1.82, 2.24) is 10.3 Å². The van der Waals surface area contributed by atoms with Crippen LogP contribution in [-0.2, 0) is 0 Å². The van der Waals surface area contributed by atoms with Gasteiger partial charge in [-0.3, -0.25) is 9.78 Å². The highest BCUT2D eigenvalue weighted by Gasteiger charge is 2.24. The molecular weight excluding hydrogens is 250 g/mol. The number of nitrogens with zero attached hydrogens (tertiary/aromatic N) is 1. The summed E-state index contributed by atoms with van der Waals surface area (Å²) in [6, 6.07) is 8.89. The van der Waals surface area contributed by atoms with Crippen LogP contribution in [0.5, 0.6) is 0 Å². The van der Waals surface area contributed by atoms with E-state index < -0.39 is 0 Å². The molecule has 90 valence electrons. The second kappa shape index (κ2) is 4.31. The fraction of sp³-hybridized carbons (Fsp3) is 0.0769. The van der Waals surface area contributed by atoms with E-state index in [-0.39, 0.29) is 12.1 Å². The van der Waals surface area contributed by atoms with E-state index in [1.54, 1.807) is 30.6 Å². The number of carbonyl (C=O) groups is 1. The van der Waals surface area contributed by atoms with E-state index >= 15 is 0 Å². The van der Waals surface area contributed by atoms with Crippen LogP contribution in [0.3, 0.4) is 0 Å². The third kappa shape index (κ3) is 1.91. The molecule has 1 atom stereocenters. The molecule has 1 aliphatic rings. The average Bonchev–Trinajstić information content (AvgIpc) is 2.39. The minimum atomic E-state index is -0.280. The number of rotatable bonds is 1. The molecule has 5 heteroatoms. The van der Waals surface area contributed by atoms with E-state index in [9.17, 15) is 4.79 Å². The van der Waals surface area contributed by atoms with Gasteiger partial charge in [-0.1, -0.05) is 17.7 Å². The molecule has 0 saturated heterocycles. The number of halogens is 1. The molecule has 3 rings (SSSR count). The van der Waals surface area contributed by atoms with E-state index in [2.05, 4.69) is 15.6 Å². The molecular formula is C13H10ClN3O. The van der Waals surface area contributed by atoms with Crippen LogP contribution in [0.15, 0.2) is 42.7 Å². The summed E-state index contributed by atoms with van der Waals surface area (Å²) in [5.74, 6) is -0.116. The zero-order valence-corrected chi connectivity index (χ0v) is 10.1. The normalized spacial score (nSPS) is 17.6. The molecule has 0 fully saturated rings. The van der Waals surface area contributed by atoms with Crippen LogP contribution in [0, 0.1) is 0 Å². The molecule has 1 aromatic carbocycles. The zero-order valence-electron chi connectivity index (χ0n) is 9.35. The number of fused-ring (bicyclic) bond motifs is 1. The summed E-state index contributed by atoms with van der Waals surface area (Å²) in [5.41, 5.74) is 2.23. The Morgan fingerprint density at radius 3 is 2.89 bits per heavy atom. The second-order valence-electron chi connectivity index (χ2n) is 4.03. The first-order valence-corrected chi connectivity index (χ1v) is 5.89. The largest absolute Gasteiger partial charge is 0.361 e. The SMILES string of the molecule is O=C1NC(c2cccnc2)Nc2cc(Cl)ccc21. The van der Waals surface area contributed by atoms with Crippen LogP contribution in [0.25, 0.3) is 0 Å². The highest BCUT2D eigenvalue weighted by atomic mass is 35.5. The summed E-state index contributed by atoms with van der Waals surface area (Å²) in [6.45, 7) is 0. The molecule has 2 aromatic rings. The first-order chi connectivity index (χ1) is 8.74. The Bertz CT molecular complexity index is 600. The standard InChI is InChI=1S/C13H10ClN3O/c14-9-3-4-10-11(6-9)16-12(17-13(10)18)8-2-1-5-15-7-8/h1-7,12,16H,(H,17,18). The van der Waals surface area contributed by atoms with Crippen LogP contribution in [0.1, 0.15) is 22.1 Å². The maximum Gasteiger partial charge on any atom is 0.255 e. The number of anilines is 1. The minimum absolute atomic E-state index is 0.116. The van der Waals surface area contributed by atoms with Gasteiger partial charge in [-0.2, -0.15) is 0 Å². The molecule has 0 radical (unpaired) electrons. The monoisotopic (exact) mass is 259 g/mol. The van der Waals surface area contributed by atoms with Crippen LogP contribution >= 0.6 is 11.6 Å². The smallest absolute Gasteiger partial charge is 0.255 e. The number of benzene rings is 1. The van der Waals surface area contributed by atoms with Crippen molar-refractivity contribution < 1.29 is 4.79 Å². The predicted molar refractivity (Wildman–Crippen MR) is 69.5 cm³/mol. The Balaban J connectivity index is 1.98. The fourth-order valence-corrected chi connectivity index (χ4v) is 2.12. The van der Waals surface area contributed by atoms with Crippen molar-refractivity contribution in [2.45, 2.75) is 6.17 Å². The number of hydrogen-bond donors (Lipinski definition) is 2. The Hall–Kier alpha value is -2.07. The molecule has 0 spiro atoms. The minimum Gasteiger partial charge on any atom is -0.361 e. The summed E-state index contributed by atoms with van der Waals surface area (Å²) in [7, 11) is 0. The van der Waals surface area contributed by atoms with Crippen molar-refractivity contribution in [2.75, 3.05) is 5.32 Å². The van der Waals surface area contributed by atoms with Gasteiger partial charge in [-0.05, 0) is 24.3 Å². The van der Waals surface area contributed by atoms with Gasteiger partial charge in [0.05, 0.1) is 11.3 Å². The Labute approximate surface area is 109 Å². The van der Waals surface area contributed by atoms with Crippen molar-refractivity contribution in [3.8, 4) is 0 Å². The molecule has 1 aliphatic heterocycles. The Kier molecular flexibility index (Phi) is 2.64. The van der Waals surface area contributed by atoms with Gasteiger partial charge in [0.15, 0.2) is 0 Å². The van der Waals surface area contributed by atoms with Crippen LogP contribution in [-0.4, -0.2) is 10.9 Å². The molecule has 0 saturated carbocycles. The fourth-order valence-electron chi connectivity index (χ4n) is 1.95.